The third-order valence-electron chi connectivity index (χ3n) is 8.95. The molecule has 1 atom stereocenters. The Kier molecular flexibility index (Phi) is 18.6. The first kappa shape index (κ1) is 46.4. The summed E-state index contributed by atoms with van der Waals surface area (Å²) in [5, 5.41) is 48.8. The molecule has 0 aliphatic heterocycles. The highest BCUT2D eigenvalue weighted by molar-refractivity contribution is 5.97. The van der Waals surface area contributed by atoms with E-state index in [0.717, 1.165) is 0 Å². The van der Waals surface area contributed by atoms with Gasteiger partial charge in [0.2, 0.25) is 0 Å². The minimum absolute atomic E-state index is 0.00432. The van der Waals surface area contributed by atoms with Crippen LogP contribution in [-0.4, -0.2) is 143 Å². The summed E-state index contributed by atoms with van der Waals surface area (Å²) < 4.78 is 18.4. The van der Waals surface area contributed by atoms with E-state index in [1.807, 2.05) is 0 Å². The Bertz CT molecular complexity index is 1970. The summed E-state index contributed by atoms with van der Waals surface area (Å²) in [5.41, 5.74) is -3.27. The van der Waals surface area contributed by atoms with E-state index in [1.165, 1.54) is 71.8 Å². The van der Waals surface area contributed by atoms with E-state index in [-0.39, 0.29) is 108 Å². The number of nitrogens with zero attached hydrogens (tertiary/aromatic N) is 4. The fourth-order valence-electron chi connectivity index (χ4n) is 5.76. The van der Waals surface area contributed by atoms with Gasteiger partial charge in [0.25, 0.3) is 34.4 Å². The average Bonchev–Trinajstić information content (AvgIpc) is 3.19. The highest BCUT2D eigenvalue weighted by Gasteiger charge is 2.23. The number of carbonyl (C=O) groups is 4. The predicted molar refractivity (Wildman–Crippen MR) is 207 cm³/mol. The summed E-state index contributed by atoms with van der Waals surface area (Å²) in [6.45, 7) is 0.950. The number of carboxylic acid groups (broad SMARTS) is 1. The summed E-state index contributed by atoms with van der Waals surface area (Å²) in [4.78, 5) is 90.5. The molecule has 0 spiro atoms. The van der Waals surface area contributed by atoms with E-state index in [2.05, 4.69) is 16.0 Å². The molecule has 0 fully saturated rings. The maximum atomic E-state index is 13.4. The molecule has 0 saturated carbocycles. The number of ether oxygens (including phenoxy) is 3. The lowest BCUT2D eigenvalue weighted by molar-refractivity contribution is -0.137. The minimum Gasteiger partial charge on any atom is -0.502 e. The topological polar surface area (TPSA) is 282 Å². The van der Waals surface area contributed by atoms with Gasteiger partial charge in [0.15, 0.2) is 17.2 Å². The van der Waals surface area contributed by atoms with Crippen LogP contribution in [0.25, 0.3) is 0 Å². The SMILES string of the molecule is COCCn1ccc(C(=O)NCCN(CCNC(=O)c2ccn(CCOC)c(=O)c2O)CC(CCCC(=O)O)NC(=O)c2ccn(CCOC)c(=O)c2O)c(O)c1=O. The maximum Gasteiger partial charge on any atom is 0.303 e. The highest BCUT2D eigenvalue weighted by atomic mass is 16.5. The summed E-state index contributed by atoms with van der Waals surface area (Å²) in [7, 11) is 4.34. The Morgan fingerprint density at radius 3 is 1.40 bits per heavy atom. The molecular formula is C37H51N7O14. The van der Waals surface area contributed by atoms with Crippen LogP contribution in [-0.2, 0) is 38.6 Å². The number of carboxylic acids is 1. The molecule has 0 aliphatic carbocycles. The van der Waals surface area contributed by atoms with Crippen LogP contribution in [0.3, 0.4) is 0 Å². The van der Waals surface area contributed by atoms with Crippen molar-refractivity contribution in [2.45, 2.75) is 44.9 Å². The lowest BCUT2D eigenvalue weighted by Crippen LogP contribution is -2.48. The molecule has 3 heterocycles. The van der Waals surface area contributed by atoms with Crippen molar-refractivity contribution in [3.05, 3.63) is 84.5 Å². The van der Waals surface area contributed by atoms with Crippen LogP contribution in [0, 0.1) is 0 Å². The molecule has 3 aromatic rings. The van der Waals surface area contributed by atoms with Crippen LogP contribution < -0.4 is 32.6 Å². The predicted octanol–water partition coefficient (Wildman–Crippen LogP) is -1.26. The minimum atomic E-state index is -1.08. The van der Waals surface area contributed by atoms with Crippen molar-refractivity contribution in [3.8, 4) is 17.2 Å². The highest BCUT2D eigenvalue weighted by Crippen LogP contribution is 2.14. The standard InChI is InChI=1S/C37H51N7O14/c1-56-20-17-42-12-7-25(29(47)35(42)53)32(50)38-10-15-41(16-11-39-33(51)26-8-13-43(18-21-57-2)36(54)30(26)48)23-24(5-4-6-28(45)46)40-34(52)27-9-14-44(19-22-58-3)37(55)31(27)49/h7-9,12-14,24,47-49H,4-6,10-11,15-23H2,1-3H3,(H,38,50)(H,39,51)(H,40,52)(H,45,46). The van der Waals surface area contributed by atoms with E-state index in [0.29, 0.717) is 0 Å². The van der Waals surface area contributed by atoms with Gasteiger partial charge in [0, 0.05) is 105 Å². The van der Waals surface area contributed by atoms with Gasteiger partial charge in [-0.2, -0.15) is 0 Å². The number of hydrogen-bond acceptors (Lipinski definition) is 14. The summed E-state index contributed by atoms with van der Waals surface area (Å²) >= 11 is 0. The molecule has 318 valence electrons. The first-order chi connectivity index (χ1) is 27.7. The molecule has 0 aliphatic rings. The molecule has 21 heteroatoms. The van der Waals surface area contributed by atoms with E-state index < -0.39 is 63.7 Å². The molecule has 58 heavy (non-hydrogen) atoms. The fourth-order valence-corrected chi connectivity index (χ4v) is 5.76. The Morgan fingerprint density at radius 1 is 0.655 bits per heavy atom. The first-order valence-electron chi connectivity index (χ1n) is 18.3. The molecule has 7 N–H and O–H groups in total. The normalized spacial score (nSPS) is 11.7. The second-order valence-electron chi connectivity index (χ2n) is 13.0. The second kappa shape index (κ2) is 23.3. The van der Waals surface area contributed by atoms with Crippen molar-refractivity contribution < 1.29 is 53.8 Å². The molecule has 3 amide bonds. The van der Waals surface area contributed by atoms with Gasteiger partial charge >= 0.3 is 5.97 Å². The van der Waals surface area contributed by atoms with Crippen LogP contribution in [0.2, 0.25) is 0 Å². The molecular weight excluding hydrogens is 766 g/mol. The van der Waals surface area contributed by atoms with Gasteiger partial charge in [-0.25, -0.2) is 0 Å². The Balaban J connectivity index is 1.83. The quantitative estimate of drug-likeness (QED) is 0.0526. The lowest BCUT2D eigenvalue weighted by Gasteiger charge is -2.28. The van der Waals surface area contributed by atoms with Gasteiger partial charge in [-0.1, -0.05) is 0 Å². The summed E-state index contributed by atoms with van der Waals surface area (Å²) in [6.07, 6.45) is 4.02. The molecule has 3 aromatic heterocycles. The van der Waals surface area contributed by atoms with Crippen molar-refractivity contribution in [1.82, 2.24) is 34.6 Å². The third-order valence-corrected chi connectivity index (χ3v) is 8.95. The average molecular weight is 818 g/mol. The van der Waals surface area contributed by atoms with E-state index in [9.17, 15) is 54.0 Å². The van der Waals surface area contributed by atoms with Crippen LogP contribution >= 0.6 is 0 Å². The van der Waals surface area contributed by atoms with Gasteiger partial charge in [-0.15, -0.1) is 0 Å². The maximum absolute atomic E-state index is 13.4. The molecule has 0 radical (unpaired) electrons. The number of hydrogen-bond donors (Lipinski definition) is 7. The van der Waals surface area contributed by atoms with Crippen LogP contribution in [0.5, 0.6) is 17.2 Å². The van der Waals surface area contributed by atoms with Crippen LogP contribution in [0.1, 0.15) is 50.3 Å². The Morgan fingerprint density at radius 2 is 1.03 bits per heavy atom. The zero-order valence-electron chi connectivity index (χ0n) is 32.6. The van der Waals surface area contributed by atoms with Gasteiger partial charge in [-0.05, 0) is 31.0 Å². The molecule has 1 unspecified atom stereocenters. The van der Waals surface area contributed by atoms with Crippen LogP contribution in [0.4, 0.5) is 0 Å². The van der Waals surface area contributed by atoms with Gasteiger partial charge in [-0.3, -0.25) is 38.5 Å². The van der Waals surface area contributed by atoms with Gasteiger partial charge < -0.3 is 64.3 Å². The number of amides is 3. The van der Waals surface area contributed by atoms with Crippen molar-refractivity contribution in [3.63, 3.8) is 0 Å². The monoisotopic (exact) mass is 817 g/mol. The number of aromatic nitrogens is 3. The fraction of sp³-hybridized carbons (Fsp3) is 0.486. The van der Waals surface area contributed by atoms with Gasteiger partial charge in [0.1, 0.15) is 0 Å². The zero-order chi connectivity index (χ0) is 42.8. The van der Waals surface area contributed by atoms with Crippen LogP contribution in [0.15, 0.2) is 51.2 Å². The number of pyridine rings is 3. The zero-order valence-corrected chi connectivity index (χ0v) is 32.6. The number of aliphatic carboxylic acids is 1. The lowest BCUT2D eigenvalue weighted by atomic mass is 10.1. The number of methoxy groups -OCH3 is 3. The van der Waals surface area contributed by atoms with Crippen molar-refractivity contribution in [2.24, 2.45) is 0 Å². The smallest absolute Gasteiger partial charge is 0.303 e. The molecule has 0 bridgehead atoms. The third kappa shape index (κ3) is 13.3. The van der Waals surface area contributed by atoms with Gasteiger partial charge in [0.05, 0.1) is 36.5 Å². The number of aromatic hydroxyl groups is 3. The van der Waals surface area contributed by atoms with E-state index in [1.54, 1.807) is 4.90 Å². The van der Waals surface area contributed by atoms with Crippen molar-refractivity contribution in [1.29, 1.82) is 0 Å². The largest absolute Gasteiger partial charge is 0.502 e. The number of rotatable bonds is 25. The van der Waals surface area contributed by atoms with Crippen molar-refractivity contribution >= 4 is 23.7 Å². The molecule has 3 rings (SSSR count). The molecule has 21 nitrogen and oxygen atoms in total. The van der Waals surface area contributed by atoms with E-state index in [4.69, 9.17) is 14.2 Å². The summed E-state index contributed by atoms with van der Waals surface area (Å²) in [6, 6.07) is 3.02. The molecule has 0 saturated heterocycles. The van der Waals surface area contributed by atoms with Crippen molar-refractivity contribution in [2.75, 3.05) is 73.9 Å². The Hall–Kier alpha value is -6.03. The summed E-state index contributed by atoms with van der Waals surface area (Å²) in [5.74, 6) is -5.75. The second-order valence-corrected chi connectivity index (χ2v) is 13.0. The van der Waals surface area contributed by atoms with E-state index >= 15 is 0 Å². The number of carbonyl (C=O) groups excluding carboxylic acids is 3. The first-order valence-corrected chi connectivity index (χ1v) is 18.3. The number of nitrogens with one attached hydrogen (secondary N) is 3. The Labute approximate surface area is 332 Å². The molecule has 0 aromatic carbocycles.